The third kappa shape index (κ3) is 2.69. The van der Waals surface area contributed by atoms with Crippen molar-refractivity contribution < 1.29 is 13.9 Å². The molecular formula is C14H9BrFNO2. The number of rotatable bonds is 3. The molecule has 5 heteroatoms. The van der Waals surface area contributed by atoms with Crippen LogP contribution in [0.2, 0.25) is 0 Å². The van der Waals surface area contributed by atoms with Crippen molar-refractivity contribution in [3.05, 3.63) is 52.3 Å². The van der Waals surface area contributed by atoms with E-state index in [1.807, 2.05) is 6.07 Å². The first-order chi connectivity index (χ1) is 9.17. The van der Waals surface area contributed by atoms with Crippen LogP contribution in [0.25, 0.3) is 0 Å². The molecule has 0 unspecified atom stereocenters. The van der Waals surface area contributed by atoms with Gasteiger partial charge < -0.3 is 9.47 Å². The van der Waals surface area contributed by atoms with Crippen molar-refractivity contribution in [3.8, 4) is 23.3 Å². The van der Waals surface area contributed by atoms with Crippen LogP contribution in [0, 0.1) is 17.1 Å². The molecule has 0 heterocycles. The van der Waals surface area contributed by atoms with Gasteiger partial charge in [-0.15, -0.1) is 0 Å². The second kappa shape index (κ2) is 5.72. The fraction of sp³-hybridized carbons (Fsp3) is 0.0714. The van der Waals surface area contributed by atoms with E-state index in [9.17, 15) is 4.39 Å². The first-order valence-corrected chi connectivity index (χ1v) is 6.15. The molecule has 0 bridgehead atoms. The van der Waals surface area contributed by atoms with E-state index in [1.54, 1.807) is 24.3 Å². The molecule has 0 aliphatic heterocycles. The molecular weight excluding hydrogens is 313 g/mol. The highest BCUT2D eigenvalue weighted by Gasteiger charge is 2.14. The minimum Gasteiger partial charge on any atom is -0.493 e. The minimum atomic E-state index is -0.620. The Labute approximate surface area is 118 Å². The summed E-state index contributed by atoms with van der Waals surface area (Å²) in [5.41, 5.74) is 0.213. The number of nitrogens with zero attached hydrogens (tertiary/aromatic N) is 1. The summed E-state index contributed by atoms with van der Waals surface area (Å²) in [5, 5.41) is 8.80. The van der Waals surface area contributed by atoms with Crippen LogP contribution in [-0.2, 0) is 0 Å². The number of hydrogen-bond acceptors (Lipinski definition) is 3. The van der Waals surface area contributed by atoms with Gasteiger partial charge in [0.2, 0.25) is 0 Å². The lowest BCUT2D eigenvalue weighted by atomic mass is 10.2. The molecule has 0 N–H and O–H groups in total. The Morgan fingerprint density at radius 1 is 1.11 bits per heavy atom. The van der Waals surface area contributed by atoms with Gasteiger partial charge in [0.1, 0.15) is 6.07 Å². The highest BCUT2D eigenvalue weighted by atomic mass is 79.9. The van der Waals surface area contributed by atoms with Crippen molar-refractivity contribution in [2.24, 2.45) is 0 Å². The Balaban J connectivity index is 2.40. The van der Waals surface area contributed by atoms with Gasteiger partial charge in [0.15, 0.2) is 23.1 Å². The van der Waals surface area contributed by atoms with Gasteiger partial charge in [-0.05, 0) is 40.2 Å². The molecule has 0 aliphatic rings. The predicted octanol–water partition coefficient (Wildman–Crippen LogP) is 4.26. The molecule has 96 valence electrons. The second-order valence-electron chi connectivity index (χ2n) is 3.60. The number of methoxy groups -OCH3 is 1. The molecule has 0 aliphatic carbocycles. The monoisotopic (exact) mass is 321 g/mol. The van der Waals surface area contributed by atoms with Crippen molar-refractivity contribution in [1.82, 2.24) is 0 Å². The highest BCUT2D eigenvalue weighted by molar-refractivity contribution is 9.10. The van der Waals surface area contributed by atoms with Crippen molar-refractivity contribution in [2.45, 2.75) is 0 Å². The lowest BCUT2D eigenvalue weighted by Gasteiger charge is -2.11. The van der Waals surface area contributed by atoms with Gasteiger partial charge in [-0.2, -0.15) is 5.26 Å². The van der Waals surface area contributed by atoms with Crippen molar-refractivity contribution in [1.29, 1.82) is 5.26 Å². The number of benzene rings is 2. The third-order valence-corrected chi connectivity index (χ3v) is 3.23. The Hall–Kier alpha value is -2.06. The SMILES string of the molecule is COc1ccccc1Oc1ccc(C#N)c(Br)c1F. The third-order valence-electron chi connectivity index (χ3n) is 2.46. The molecule has 0 aromatic heterocycles. The Morgan fingerprint density at radius 2 is 1.79 bits per heavy atom. The topological polar surface area (TPSA) is 42.2 Å². The van der Waals surface area contributed by atoms with E-state index < -0.39 is 5.82 Å². The first kappa shape index (κ1) is 13.4. The summed E-state index contributed by atoms with van der Waals surface area (Å²) in [5.74, 6) is 0.309. The summed E-state index contributed by atoms with van der Waals surface area (Å²) in [7, 11) is 1.51. The van der Waals surface area contributed by atoms with Gasteiger partial charge in [0.25, 0.3) is 0 Å². The average molecular weight is 322 g/mol. The predicted molar refractivity (Wildman–Crippen MR) is 71.9 cm³/mol. The van der Waals surface area contributed by atoms with Crippen LogP contribution < -0.4 is 9.47 Å². The Morgan fingerprint density at radius 3 is 2.42 bits per heavy atom. The smallest absolute Gasteiger partial charge is 0.181 e. The van der Waals surface area contributed by atoms with Gasteiger partial charge in [-0.25, -0.2) is 4.39 Å². The lowest BCUT2D eigenvalue weighted by molar-refractivity contribution is 0.370. The quantitative estimate of drug-likeness (QED) is 0.848. The fourth-order valence-electron chi connectivity index (χ4n) is 1.52. The molecule has 0 atom stereocenters. The van der Waals surface area contributed by atoms with Crippen molar-refractivity contribution in [2.75, 3.05) is 7.11 Å². The van der Waals surface area contributed by atoms with Crippen LogP contribution in [0.3, 0.4) is 0 Å². The zero-order valence-electron chi connectivity index (χ0n) is 9.98. The molecule has 2 aromatic rings. The number of ether oxygens (including phenoxy) is 2. The normalized spacial score (nSPS) is 9.79. The molecule has 2 rings (SSSR count). The average Bonchev–Trinajstić information content (AvgIpc) is 2.45. The maximum absolute atomic E-state index is 14.0. The van der Waals surface area contributed by atoms with Gasteiger partial charge >= 0.3 is 0 Å². The van der Waals surface area contributed by atoms with Gasteiger partial charge in [-0.3, -0.25) is 0 Å². The van der Waals surface area contributed by atoms with E-state index in [1.165, 1.54) is 19.2 Å². The number of hydrogen-bond donors (Lipinski definition) is 0. The summed E-state index contributed by atoms with van der Waals surface area (Å²) >= 11 is 3.03. The van der Waals surface area contributed by atoms with E-state index in [2.05, 4.69) is 15.9 Å². The molecule has 0 fully saturated rings. The van der Waals surface area contributed by atoms with Gasteiger partial charge in [0.05, 0.1) is 17.1 Å². The second-order valence-corrected chi connectivity index (χ2v) is 4.40. The van der Waals surface area contributed by atoms with Gasteiger partial charge in [0, 0.05) is 0 Å². The Bertz CT molecular complexity index is 652. The first-order valence-electron chi connectivity index (χ1n) is 5.36. The van der Waals surface area contributed by atoms with E-state index in [0.717, 1.165) is 0 Å². The van der Waals surface area contributed by atoms with Crippen LogP contribution in [0.1, 0.15) is 5.56 Å². The summed E-state index contributed by atoms with van der Waals surface area (Å²) in [6.45, 7) is 0. The molecule has 2 aromatic carbocycles. The summed E-state index contributed by atoms with van der Waals surface area (Å²) in [6, 6.07) is 11.7. The van der Waals surface area contributed by atoms with E-state index in [4.69, 9.17) is 14.7 Å². The minimum absolute atomic E-state index is 0.0235. The van der Waals surface area contributed by atoms with Crippen LogP contribution in [0.4, 0.5) is 4.39 Å². The van der Waals surface area contributed by atoms with Crippen LogP contribution in [0.15, 0.2) is 40.9 Å². The molecule has 19 heavy (non-hydrogen) atoms. The number of nitriles is 1. The van der Waals surface area contributed by atoms with Crippen molar-refractivity contribution >= 4 is 15.9 Å². The van der Waals surface area contributed by atoms with Crippen LogP contribution >= 0.6 is 15.9 Å². The van der Waals surface area contributed by atoms with Crippen LogP contribution in [0.5, 0.6) is 17.2 Å². The van der Waals surface area contributed by atoms with Crippen molar-refractivity contribution in [3.63, 3.8) is 0 Å². The number of halogens is 2. The maximum Gasteiger partial charge on any atom is 0.181 e. The number of para-hydroxylation sites is 2. The Kier molecular flexibility index (Phi) is 4.03. The molecule has 0 saturated carbocycles. The largest absolute Gasteiger partial charge is 0.493 e. The molecule has 0 saturated heterocycles. The summed E-state index contributed by atoms with van der Waals surface area (Å²) in [4.78, 5) is 0. The summed E-state index contributed by atoms with van der Waals surface area (Å²) in [6.07, 6.45) is 0. The maximum atomic E-state index is 14.0. The molecule has 0 radical (unpaired) electrons. The van der Waals surface area contributed by atoms with Gasteiger partial charge in [-0.1, -0.05) is 12.1 Å². The molecule has 0 spiro atoms. The zero-order valence-corrected chi connectivity index (χ0v) is 11.6. The zero-order chi connectivity index (χ0) is 13.8. The summed E-state index contributed by atoms with van der Waals surface area (Å²) < 4.78 is 24.7. The van der Waals surface area contributed by atoms with E-state index >= 15 is 0 Å². The standard InChI is InChI=1S/C14H9BrFNO2/c1-18-10-4-2-3-5-11(10)19-12-7-6-9(8-17)13(15)14(12)16/h2-7H,1H3. The molecule has 0 amide bonds. The fourth-order valence-corrected chi connectivity index (χ4v) is 1.93. The lowest BCUT2D eigenvalue weighted by Crippen LogP contribution is -1.94. The molecule has 3 nitrogen and oxygen atoms in total. The van der Waals surface area contributed by atoms with E-state index in [0.29, 0.717) is 11.5 Å². The highest BCUT2D eigenvalue weighted by Crippen LogP contribution is 2.35. The van der Waals surface area contributed by atoms with Crippen LogP contribution in [-0.4, -0.2) is 7.11 Å². The van der Waals surface area contributed by atoms with E-state index in [-0.39, 0.29) is 15.8 Å².